The molecule has 0 saturated carbocycles. The van der Waals surface area contributed by atoms with Gasteiger partial charge in [-0.25, -0.2) is 14.2 Å². The third-order valence-corrected chi connectivity index (χ3v) is 4.56. The van der Waals surface area contributed by atoms with Gasteiger partial charge in [0.2, 0.25) is 0 Å². The maximum atomic E-state index is 13.2. The summed E-state index contributed by atoms with van der Waals surface area (Å²) in [5.41, 5.74) is -0.186. The lowest BCUT2D eigenvalue weighted by molar-refractivity contribution is -0.130. The SMILES string of the molecule is CC(C)(CO)C(=NC(=O)c1nn(Cc2ccc(F)cc2)c2ccccc12)C(=O)O. The van der Waals surface area contributed by atoms with E-state index in [1.165, 1.54) is 26.0 Å². The molecular formula is C21H20FN3O4. The van der Waals surface area contributed by atoms with Gasteiger partial charge >= 0.3 is 5.97 Å². The molecule has 1 aromatic heterocycles. The first-order valence-electron chi connectivity index (χ1n) is 8.90. The predicted octanol–water partition coefficient (Wildman–Crippen LogP) is 2.91. The number of hydrogen-bond acceptors (Lipinski definition) is 4. The van der Waals surface area contributed by atoms with Crippen molar-refractivity contribution in [3.05, 3.63) is 65.6 Å². The van der Waals surface area contributed by atoms with E-state index < -0.39 is 29.6 Å². The number of fused-ring (bicyclic) bond motifs is 1. The molecule has 1 heterocycles. The van der Waals surface area contributed by atoms with Crippen molar-refractivity contribution in [1.29, 1.82) is 0 Å². The molecule has 0 aliphatic carbocycles. The Kier molecular flexibility index (Phi) is 5.56. The zero-order valence-electron chi connectivity index (χ0n) is 16.0. The number of aliphatic carboxylic acids is 1. The molecule has 0 saturated heterocycles. The standard InChI is InChI=1S/C21H20FN3O4/c1-21(2,12-26)18(20(28)29)23-19(27)17-15-5-3-4-6-16(15)25(24-17)11-13-7-9-14(22)10-8-13/h3-10,26H,11-12H2,1-2H3,(H,28,29). The number of carboxylic acid groups (broad SMARTS) is 1. The van der Waals surface area contributed by atoms with E-state index in [-0.39, 0.29) is 11.5 Å². The third-order valence-electron chi connectivity index (χ3n) is 4.56. The summed E-state index contributed by atoms with van der Waals surface area (Å²) < 4.78 is 14.7. The quantitative estimate of drug-likeness (QED) is 0.623. The minimum atomic E-state index is -1.38. The number of aromatic nitrogens is 2. The van der Waals surface area contributed by atoms with Crippen LogP contribution in [0.4, 0.5) is 4.39 Å². The summed E-state index contributed by atoms with van der Waals surface area (Å²) in [5, 5.41) is 23.7. The van der Waals surface area contributed by atoms with E-state index in [1.54, 1.807) is 41.1 Å². The normalized spacial score (nSPS) is 12.3. The van der Waals surface area contributed by atoms with E-state index in [1.807, 2.05) is 0 Å². The maximum absolute atomic E-state index is 13.2. The second-order valence-corrected chi connectivity index (χ2v) is 7.26. The van der Waals surface area contributed by atoms with Crippen LogP contribution in [0, 0.1) is 11.2 Å². The summed E-state index contributed by atoms with van der Waals surface area (Å²) in [6.07, 6.45) is 0. The van der Waals surface area contributed by atoms with Gasteiger partial charge in [0.25, 0.3) is 5.91 Å². The smallest absolute Gasteiger partial charge is 0.351 e. The molecule has 0 bridgehead atoms. The summed E-state index contributed by atoms with van der Waals surface area (Å²) >= 11 is 0. The lowest BCUT2D eigenvalue weighted by Gasteiger charge is -2.20. The number of halogens is 1. The van der Waals surface area contributed by atoms with Gasteiger partial charge in [0, 0.05) is 10.8 Å². The highest BCUT2D eigenvalue weighted by atomic mass is 19.1. The van der Waals surface area contributed by atoms with Crippen molar-refractivity contribution in [1.82, 2.24) is 9.78 Å². The fraction of sp³-hybridized carbons (Fsp3) is 0.238. The highest BCUT2D eigenvalue weighted by Crippen LogP contribution is 2.22. The molecule has 29 heavy (non-hydrogen) atoms. The van der Waals surface area contributed by atoms with Gasteiger partial charge in [-0.2, -0.15) is 5.10 Å². The van der Waals surface area contributed by atoms with E-state index >= 15 is 0 Å². The molecule has 3 aromatic rings. The van der Waals surface area contributed by atoms with E-state index in [2.05, 4.69) is 10.1 Å². The van der Waals surface area contributed by atoms with Gasteiger partial charge in [0.05, 0.1) is 18.7 Å². The Bertz CT molecular complexity index is 1100. The number of para-hydroxylation sites is 1. The minimum absolute atomic E-state index is 0.00945. The number of carbonyl (C=O) groups is 2. The van der Waals surface area contributed by atoms with Crippen LogP contribution in [0.1, 0.15) is 29.9 Å². The fourth-order valence-corrected chi connectivity index (χ4v) is 2.89. The van der Waals surface area contributed by atoms with Crippen molar-refractivity contribution >= 4 is 28.5 Å². The summed E-state index contributed by atoms with van der Waals surface area (Å²) in [5.74, 6) is -2.54. The van der Waals surface area contributed by atoms with Crippen LogP contribution in [-0.2, 0) is 11.3 Å². The summed E-state index contributed by atoms with van der Waals surface area (Å²) in [6, 6.07) is 12.9. The van der Waals surface area contributed by atoms with E-state index in [0.717, 1.165) is 5.56 Å². The number of nitrogens with zero attached hydrogens (tertiary/aromatic N) is 3. The van der Waals surface area contributed by atoms with Crippen LogP contribution in [0.5, 0.6) is 0 Å². The number of rotatable bonds is 6. The number of benzene rings is 2. The number of aliphatic hydroxyl groups is 1. The molecule has 0 fully saturated rings. The lowest BCUT2D eigenvalue weighted by atomic mass is 9.88. The average molecular weight is 397 g/mol. The Morgan fingerprint density at radius 2 is 1.79 bits per heavy atom. The first kappa shape index (κ1) is 20.3. The van der Waals surface area contributed by atoms with Crippen molar-refractivity contribution in [3.63, 3.8) is 0 Å². The highest BCUT2D eigenvalue weighted by Gasteiger charge is 2.31. The van der Waals surface area contributed by atoms with Crippen LogP contribution in [0.25, 0.3) is 10.9 Å². The molecule has 0 radical (unpaired) electrons. The zero-order valence-corrected chi connectivity index (χ0v) is 16.0. The van der Waals surface area contributed by atoms with Crippen molar-refractivity contribution in [3.8, 4) is 0 Å². The molecule has 0 spiro atoms. The number of amides is 1. The Morgan fingerprint density at radius 1 is 1.14 bits per heavy atom. The fourth-order valence-electron chi connectivity index (χ4n) is 2.89. The van der Waals surface area contributed by atoms with E-state index in [0.29, 0.717) is 17.4 Å². The van der Waals surface area contributed by atoms with Crippen molar-refractivity contribution in [2.45, 2.75) is 20.4 Å². The van der Waals surface area contributed by atoms with Crippen molar-refractivity contribution < 1.29 is 24.2 Å². The second kappa shape index (κ2) is 7.92. The van der Waals surface area contributed by atoms with Gasteiger partial charge in [-0.15, -0.1) is 0 Å². The zero-order chi connectivity index (χ0) is 21.2. The van der Waals surface area contributed by atoms with Gasteiger partial charge in [0.1, 0.15) is 11.5 Å². The molecule has 2 N–H and O–H groups in total. The predicted molar refractivity (Wildman–Crippen MR) is 106 cm³/mol. The van der Waals surface area contributed by atoms with Gasteiger partial charge in [-0.3, -0.25) is 9.48 Å². The minimum Gasteiger partial charge on any atom is -0.477 e. The van der Waals surface area contributed by atoms with Crippen molar-refractivity contribution in [2.75, 3.05) is 6.61 Å². The lowest BCUT2D eigenvalue weighted by Crippen LogP contribution is -2.35. The largest absolute Gasteiger partial charge is 0.477 e. The molecule has 0 atom stereocenters. The Hall–Kier alpha value is -3.39. The number of hydrogen-bond donors (Lipinski definition) is 2. The van der Waals surface area contributed by atoms with Gasteiger partial charge in [-0.1, -0.05) is 44.2 Å². The summed E-state index contributed by atoms with van der Waals surface area (Å²) in [4.78, 5) is 28.1. The summed E-state index contributed by atoms with van der Waals surface area (Å²) in [7, 11) is 0. The molecule has 0 unspecified atom stereocenters. The Morgan fingerprint density at radius 3 is 2.41 bits per heavy atom. The van der Waals surface area contributed by atoms with Crippen LogP contribution in [0.3, 0.4) is 0 Å². The molecular weight excluding hydrogens is 377 g/mol. The topological polar surface area (TPSA) is 105 Å². The van der Waals surface area contributed by atoms with Crippen molar-refractivity contribution in [2.24, 2.45) is 10.4 Å². The summed E-state index contributed by atoms with van der Waals surface area (Å²) in [6.45, 7) is 2.79. The maximum Gasteiger partial charge on any atom is 0.351 e. The molecule has 7 nitrogen and oxygen atoms in total. The molecule has 8 heteroatoms. The van der Waals surface area contributed by atoms with Crippen LogP contribution in [0.15, 0.2) is 53.5 Å². The Balaban J connectivity index is 2.05. The van der Waals surface area contributed by atoms with E-state index in [9.17, 15) is 24.2 Å². The van der Waals surface area contributed by atoms with Gasteiger partial charge < -0.3 is 10.2 Å². The highest BCUT2D eigenvalue weighted by molar-refractivity contribution is 6.39. The molecule has 2 aromatic carbocycles. The molecule has 1 amide bonds. The molecule has 0 aliphatic heterocycles. The monoisotopic (exact) mass is 397 g/mol. The number of aliphatic imine (C=N–C) groups is 1. The van der Waals surface area contributed by atoms with Crippen LogP contribution in [-0.4, -0.2) is 44.2 Å². The number of aliphatic hydroxyl groups excluding tert-OH is 1. The molecule has 3 rings (SSSR count). The number of carbonyl (C=O) groups excluding carboxylic acids is 1. The first-order valence-corrected chi connectivity index (χ1v) is 8.90. The first-order chi connectivity index (χ1) is 13.7. The Labute approximate surface area is 166 Å². The molecule has 0 aliphatic rings. The van der Waals surface area contributed by atoms with E-state index in [4.69, 9.17) is 0 Å². The van der Waals surface area contributed by atoms with Gasteiger partial charge in [-0.05, 0) is 23.8 Å². The van der Waals surface area contributed by atoms with Crippen LogP contribution in [0.2, 0.25) is 0 Å². The second-order valence-electron chi connectivity index (χ2n) is 7.26. The van der Waals surface area contributed by atoms with Gasteiger partial charge in [0.15, 0.2) is 5.69 Å². The van der Waals surface area contributed by atoms with Crippen LogP contribution < -0.4 is 0 Å². The van der Waals surface area contributed by atoms with Crippen LogP contribution >= 0.6 is 0 Å². The third kappa shape index (κ3) is 4.22. The molecule has 150 valence electrons. The number of carboxylic acids is 1. The average Bonchev–Trinajstić information content (AvgIpc) is 3.06.